The van der Waals surface area contributed by atoms with Crippen molar-refractivity contribution >= 4 is 27.7 Å². The van der Waals surface area contributed by atoms with Crippen LogP contribution in [0.3, 0.4) is 0 Å². The number of carbonyl (C=O) groups excluding carboxylic acids is 1. The number of carbonyl (C=O) groups is 1. The highest BCUT2D eigenvalue weighted by Gasteiger charge is 2.31. The number of benzene rings is 1. The van der Waals surface area contributed by atoms with Gasteiger partial charge in [0.1, 0.15) is 0 Å². The van der Waals surface area contributed by atoms with Crippen molar-refractivity contribution in [2.75, 3.05) is 57.3 Å². The molecular formula is C19H27N3O3S2. The summed E-state index contributed by atoms with van der Waals surface area (Å²) in [6, 6.07) is 5.56. The molecule has 1 aromatic carbocycles. The van der Waals surface area contributed by atoms with Crippen LogP contribution >= 0.6 is 11.8 Å². The van der Waals surface area contributed by atoms with Crippen molar-refractivity contribution in [3.63, 3.8) is 0 Å². The quantitative estimate of drug-likeness (QED) is 0.744. The summed E-state index contributed by atoms with van der Waals surface area (Å²) in [6.45, 7) is 4.09. The second-order valence-corrected chi connectivity index (χ2v) is 10.6. The summed E-state index contributed by atoms with van der Waals surface area (Å²) in [7, 11) is -3.48. The van der Waals surface area contributed by atoms with Crippen molar-refractivity contribution in [1.29, 1.82) is 0 Å². The Labute approximate surface area is 165 Å². The number of amides is 1. The summed E-state index contributed by atoms with van der Waals surface area (Å²) in [6.07, 6.45) is 3.12. The number of thioether (sulfide) groups is 1. The van der Waals surface area contributed by atoms with E-state index >= 15 is 0 Å². The molecule has 2 fully saturated rings. The van der Waals surface area contributed by atoms with Gasteiger partial charge in [-0.25, -0.2) is 8.42 Å². The SMILES string of the molecule is O=C(CN1CCSCC1)N1CCN(S(=O)(=O)c2ccc3c(c2)CCC3)CC1. The largest absolute Gasteiger partial charge is 0.339 e. The first kappa shape index (κ1) is 19.2. The molecule has 0 N–H and O–H groups in total. The standard InChI is InChI=1S/C19H27N3O3S2/c23-19(15-20-10-12-26-13-11-20)21-6-8-22(9-7-21)27(24,25)18-5-4-16-2-1-3-17(16)14-18/h4-5,14H,1-3,6-13,15H2. The normalized spacial score (nSPS) is 22.0. The highest BCUT2D eigenvalue weighted by atomic mass is 32.2. The average molecular weight is 410 g/mol. The molecule has 4 rings (SSSR count). The van der Waals surface area contributed by atoms with Gasteiger partial charge in [0.05, 0.1) is 11.4 Å². The van der Waals surface area contributed by atoms with Crippen LogP contribution < -0.4 is 0 Å². The van der Waals surface area contributed by atoms with Gasteiger partial charge in [-0.3, -0.25) is 9.69 Å². The lowest BCUT2D eigenvalue weighted by Crippen LogP contribution is -2.53. The van der Waals surface area contributed by atoms with Gasteiger partial charge in [-0.05, 0) is 42.5 Å². The van der Waals surface area contributed by atoms with E-state index in [9.17, 15) is 13.2 Å². The van der Waals surface area contributed by atoms with Crippen LogP contribution in [0.5, 0.6) is 0 Å². The molecule has 148 valence electrons. The molecule has 0 radical (unpaired) electrons. The Morgan fingerprint density at radius 3 is 2.41 bits per heavy atom. The zero-order valence-corrected chi connectivity index (χ0v) is 17.2. The number of aryl methyl sites for hydroxylation is 2. The van der Waals surface area contributed by atoms with Gasteiger partial charge in [-0.1, -0.05) is 6.07 Å². The first-order valence-electron chi connectivity index (χ1n) is 9.74. The summed E-state index contributed by atoms with van der Waals surface area (Å²) in [5, 5.41) is 0. The second-order valence-electron chi connectivity index (χ2n) is 7.46. The molecule has 1 amide bonds. The minimum absolute atomic E-state index is 0.122. The number of sulfonamides is 1. The molecule has 0 saturated carbocycles. The van der Waals surface area contributed by atoms with Crippen molar-refractivity contribution in [3.05, 3.63) is 29.3 Å². The summed E-state index contributed by atoms with van der Waals surface area (Å²) in [5.41, 5.74) is 2.45. The summed E-state index contributed by atoms with van der Waals surface area (Å²) in [5.74, 6) is 2.29. The van der Waals surface area contributed by atoms with Gasteiger partial charge in [-0.15, -0.1) is 0 Å². The van der Waals surface area contributed by atoms with E-state index in [0.29, 0.717) is 37.6 Å². The highest BCUT2D eigenvalue weighted by Crippen LogP contribution is 2.26. The third kappa shape index (κ3) is 4.18. The maximum Gasteiger partial charge on any atom is 0.243 e. The number of fused-ring (bicyclic) bond motifs is 1. The Bertz CT molecular complexity index is 798. The maximum atomic E-state index is 13.0. The summed E-state index contributed by atoms with van der Waals surface area (Å²) < 4.78 is 27.5. The Balaban J connectivity index is 1.36. The maximum absolute atomic E-state index is 13.0. The van der Waals surface area contributed by atoms with Crippen LogP contribution in [-0.4, -0.2) is 85.7 Å². The average Bonchev–Trinajstić information content (AvgIpc) is 3.17. The molecule has 2 aliphatic heterocycles. The molecule has 0 bridgehead atoms. The van der Waals surface area contributed by atoms with Crippen molar-refractivity contribution in [1.82, 2.24) is 14.1 Å². The number of nitrogens with zero attached hydrogens (tertiary/aromatic N) is 3. The van der Waals surface area contributed by atoms with Crippen LogP contribution in [-0.2, 0) is 27.7 Å². The van der Waals surface area contributed by atoms with E-state index < -0.39 is 10.0 Å². The van der Waals surface area contributed by atoms with Gasteiger partial charge in [-0.2, -0.15) is 16.1 Å². The molecular weight excluding hydrogens is 382 g/mol. The van der Waals surface area contributed by atoms with Crippen molar-refractivity contribution < 1.29 is 13.2 Å². The van der Waals surface area contributed by atoms with Crippen LogP contribution in [0.2, 0.25) is 0 Å². The van der Waals surface area contributed by atoms with E-state index in [1.165, 1.54) is 15.4 Å². The minimum atomic E-state index is -3.48. The minimum Gasteiger partial charge on any atom is -0.339 e. The molecule has 3 aliphatic rings. The van der Waals surface area contributed by atoms with Crippen LogP contribution in [0, 0.1) is 0 Å². The lowest BCUT2D eigenvalue weighted by molar-refractivity contribution is -0.133. The van der Waals surface area contributed by atoms with Gasteiger partial charge < -0.3 is 4.90 Å². The topological polar surface area (TPSA) is 60.9 Å². The molecule has 0 atom stereocenters. The zero-order valence-electron chi connectivity index (χ0n) is 15.6. The molecule has 8 heteroatoms. The van der Waals surface area contributed by atoms with Crippen LogP contribution in [0.25, 0.3) is 0 Å². The molecule has 2 heterocycles. The third-order valence-corrected chi connectivity index (χ3v) is 8.60. The van der Waals surface area contributed by atoms with E-state index in [-0.39, 0.29) is 5.91 Å². The molecule has 0 unspecified atom stereocenters. The number of hydrogen-bond donors (Lipinski definition) is 0. The fraction of sp³-hybridized carbons (Fsp3) is 0.632. The Morgan fingerprint density at radius 2 is 1.67 bits per heavy atom. The Hall–Kier alpha value is -1.09. The molecule has 6 nitrogen and oxygen atoms in total. The Morgan fingerprint density at radius 1 is 0.963 bits per heavy atom. The molecule has 1 aromatic rings. The molecule has 0 aromatic heterocycles. The lowest BCUT2D eigenvalue weighted by atomic mass is 10.1. The van der Waals surface area contributed by atoms with Crippen molar-refractivity contribution in [3.8, 4) is 0 Å². The lowest BCUT2D eigenvalue weighted by Gasteiger charge is -2.35. The van der Waals surface area contributed by atoms with Crippen LogP contribution in [0.1, 0.15) is 17.5 Å². The molecule has 27 heavy (non-hydrogen) atoms. The smallest absolute Gasteiger partial charge is 0.243 e. The van der Waals surface area contributed by atoms with Gasteiger partial charge >= 0.3 is 0 Å². The first-order chi connectivity index (χ1) is 13.0. The summed E-state index contributed by atoms with van der Waals surface area (Å²) >= 11 is 1.93. The predicted octanol–water partition coefficient (Wildman–Crippen LogP) is 1.06. The Kier molecular flexibility index (Phi) is 5.78. The first-order valence-corrected chi connectivity index (χ1v) is 12.3. The van der Waals surface area contributed by atoms with Gasteiger partial charge in [0, 0.05) is 50.8 Å². The van der Waals surface area contributed by atoms with E-state index in [1.807, 2.05) is 28.8 Å². The second kappa shape index (κ2) is 8.11. The van der Waals surface area contributed by atoms with Crippen molar-refractivity contribution in [2.24, 2.45) is 0 Å². The van der Waals surface area contributed by atoms with E-state index in [1.54, 1.807) is 6.07 Å². The highest BCUT2D eigenvalue weighted by molar-refractivity contribution is 7.99. The van der Waals surface area contributed by atoms with Crippen LogP contribution in [0.4, 0.5) is 0 Å². The fourth-order valence-corrected chi connectivity index (χ4v) is 6.54. The number of hydrogen-bond acceptors (Lipinski definition) is 5. The van der Waals surface area contributed by atoms with Gasteiger partial charge in [0.15, 0.2) is 0 Å². The van der Waals surface area contributed by atoms with Gasteiger partial charge in [0.2, 0.25) is 15.9 Å². The predicted molar refractivity (Wildman–Crippen MR) is 108 cm³/mol. The molecule has 2 saturated heterocycles. The fourth-order valence-electron chi connectivity index (χ4n) is 4.09. The third-order valence-electron chi connectivity index (χ3n) is 5.76. The molecule has 0 spiro atoms. The van der Waals surface area contributed by atoms with Gasteiger partial charge in [0.25, 0.3) is 0 Å². The van der Waals surface area contributed by atoms with E-state index in [0.717, 1.165) is 43.9 Å². The zero-order chi connectivity index (χ0) is 18.9. The summed E-state index contributed by atoms with van der Waals surface area (Å²) in [4.78, 5) is 16.9. The monoisotopic (exact) mass is 409 g/mol. The molecule has 1 aliphatic carbocycles. The van der Waals surface area contributed by atoms with Crippen molar-refractivity contribution in [2.45, 2.75) is 24.2 Å². The van der Waals surface area contributed by atoms with Crippen LogP contribution in [0.15, 0.2) is 23.1 Å². The van der Waals surface area contributed by atoms with E-state index in [4.69, 9.17) is 0 Å². The van der Waals surface area contributed by atoms with E-state index in [2.05, 4.69) is 4.90 Å². The number of rotatable bonds is 4. The number of piperazine rings is 1.